The van der Waals surface area contributed by atoms with Gasteiger partial charge < -0.3 is 14.2 Å². The molecule has 0 bridgehead atoms. The van der Waals surface area contributed by atoms with Gasteiger partial charge in [-0.05, 0) is 35.9 Å². The molecular formula is C21H18N4O4S. The average molecular weight is 422 g/mol. The number of aromatic nitrogens is 2. The Bertz CT molecular complexity index is 1090. The van der Waals surface area contributed by atoms with Crippen LogP contribution in [-0.2, 0) is 0 Å². The Kier molecular flexibility index (Phi) is 6.62. The van der Waals surface area contributed by atoms with E-state index in [9.17, 15) is 10.1 Å². The van der Waals surface area contributed by atoms with Gasteiger partial charge in [0.15, 0.2) is 16.5 Å². The molecule has 0 aliphatic heterocycles. The van der Waals surface area contributed by atoms with Gasteiger partial charge in [0.1, 0.15) is 6.07 Å². The Morgan fingerprint density at radius 3 is 2.30 bits per heavy atom. The molecule has 9 heteroatoms. The van der Waals surface area contributed by atoms with Gasteiger partial charge in [-0.2, -0.15) is 5.26 Å². The quantitative estimate of drug-likeness (QED) is 0.576. The van der Waals surface area contributed by atoms with Gasteiger partial charge in [0.2, 0.25) is 10.9 Å². The lowest BCUT2D eigenvalue weighted by atomic mass is 10.1. The van der Waals surface area contributed by atoms with Crippen LogP contribution in [0, 0.1) is 11.3 Å². The lowest BCUT2D eigenvalue weighted by Crippen LogP contribution is -2.11. The van der Waals surface area contributed by atoms with E-state index in [2.05, 4.69) is 21.6 Å². The number of nitrogens with zero attached hydrogens (tertiary/aromatic N) is 3. The number of carbonyl (C=O) groups is 1. The Morgan fingerprint density at radius 2 is 1.73 bits per heavy atom. The Balaban J connectivity index is 1.88. The number of ether oxygens (including phenoxy) is 3. The molecule has 3 aromatic rings. The molecule has 0 unspecified atom stereocenters. The van der Waals surface area contributed by atoms with Crippen molar-refractivity contribution in [3.8, 4) is 23.3 Å². The van der Waals surface area contributed by atoms with Crippen LogP contribution in [0.1, 0.15) is 20.9 Å². The molecule has 0 spiro atoms. The zero-order valence-corrected chi connectivity index (χ0v) is 17.3. The molecule has 0 aliphatic rings. The van der Waals surface area contributed by atoms with E-state index in [4.69, 9.17) is 14.2 Å². The van der Waals surface area contributed by atoms with Crippen molar-refractivity contribution in [2.45, 2.75) is 0 Å². The summed E-state index contributed by atoms with van der Waals surface area (Å²) in [6.07, 6.45) is 1.63. The molecule has 0 radical (unpaired) electrons. The number of nitrogens with one attached hydrogen (secondary N) is 1. The lowest BCUT2D eigenvalue weighted by Gasteiger charge is -2.12. The molecule has 1 amide bonds. The van der Waals surface area contributed by atoms with Gasteiger partial charge in [-0.3, -0.25) is 10.1 Å². The standard InChI is InChI=1S/C21H18N4O4S/c1-27-16-10-13(11-17(28-2)18(16)29-3)9-15(12-22)20-24-25-21(30-20)23-19(26)14-7-5-4-6-8-14/h4-11H,1-3H3,(H,23,25,26). The van der Waals surface area contributed by atoms with Crippen LogP contribution in [0.5, 0.6) is 17.2 Å². The van der Waals surface area contributed by atoms with Crippen molar-refractivity contribution < 1.29 is 19.0 Å². The predicted molar refractivity (Wildman–Crippen MR) is 114 cm³/mol. The van der Waals surface area contributed by atoms with Crippen LogP contribution in [0.2, 0.25) is 0 Å². The van der Waals surface area contributed by atoms with Crippen LogP contribution in [0.4, 0.5) is 5.13 Å². The van der Waals surface area contributed by atoms with Crippen molar-refractivity contribution in [3.05, 3.63) is 58.6 Å². The van der Waals surface area contributed by atoms with Crippen LogP contribution < -0.4 is 19.5 Å². The van der Waals surface area contributed by atoms with E-state index in [0.717, 1.165) is 11.3 Å². The van der Waals surface area contributed by atoms with Gasteiger partial charge in [0, 0.05) is 5.56 Å². The minimum absolute atomic E-state index is 0.280. The molecular weight excluding hydrogens is 404 g/mol. The summed E-state index contributed by atoms with van der Waals surface area (Å²) in [6, 6.07) is 14.3. The van der Waals surface area contributed by atoms with Crippen molar-refractivity contribution in [1.82, 2.24) is 10.2 Å². The number of anilines is 1. The smallest absolute Gasteiger partial charge is 0.257 e. The van der Waals surface area contributed by atoms with Gasteiger partial charge in [0.25, 0.3) is 5.91 Å². The number of hydrogen-bond donors (Lipinski definition) is 1. The predicted octanol–water partition coefficient (Wildman–Crippen LogP) is 3.88. The van der Waals surface area contributed by atoms with Gasteiger partial charge in [0.05, 0.1) is 26.9 Å². The molecule has 1 heterocycles. The molecule has 1 N–H and O–H groups in total. The van der Waals surface area contributed by atoms with E-state index in [1.54, 1.807) is 42.5 Å². The summed E-state index contributed by atoms with van der Waals surface area (Å²) in [4.78, 5) is 12.3. The second-order valence-electron chi connectivity index (χ2n) is 5.86. The molecule has 0 saturated carbocycles. The molecule has 0 atom stereocenters. The van der Waals surface area contributed by atoms with E-state index < -0.39 is 0 Å². The maximum Gasteiger partial charge on any atom is 0.257 e. The van der Waals surface area contributed by atoms with Gasteiger partial charge in [-0.1, -0.05) is 29.5 Å². The van der Waals surface area contributed by atoms with E-state index in [0.29, 0.717) is 38.5 Å². The Labute approximate surface area is 177 Å². The first-order valence-corrected chi connectivity index (χ1v) is 9.53. The highest BCUT2D eigenvalue weighted by atomic mass is 32.1. The molecule has 0 saturated heterocycles. The zero-order chi connectivity index (χ0) is 21.5. The van der Waals surface area contributed by atoms with Crippen molar-refractivity contribution in [3.63, 3.8) is 0 Å². The maximum absolute atomic E-state index is 12.3. The first-order chi connectivity index (χ1) is 14.6. The second-order valence-corrected chi connectivity index (χ2v) is 6.84. The van der Waals surface area contributed by atoms with Crippen molar-refractivity contribution in [2.75, 3.05) is 26.6 Å². The second kappa shape index (κ2) is 9.54. The highest BCUT2D eigenvalue weighted by molar-refractivity contribution is 7.16. The highest BCUT2D eigenvalue weighted by Crippen LogP contribution is 2.39. The first-order valence-electron chi connectivity index (χ1n) is 8.71. The van der Waals surface area contributed by atoms with E-state index in [1.807, 2.05) is 6.07 Å². The van der Waals surface area contributed by atoms with Crippen molar-refractivity contribution >= 4 is 34.0 Å². The number of rotatable bonds is 7. The maximum atomic E-state index is 12.3. The lowest BCUT2D eigenvalue weighted by molar-refractivity contribution is 0.102. The van der Waals surface area contributed by atoms with Crippen LogP contribution in [0.25, 0.3) is 11.6 Å². The molecule has 3 rings (SSSR count). The van der Waals surface area contributed by atoms with Gasteiger partial charge in [-0.15, -0.1) is 10.2 Å². The Morgan fingerprint density at radius 1 is 1.07 bits per heavy atom. The number of amides is 1. The normalized spacial score (nSPS) is 10.8. The third kappa shape index (κ3) is 4.56. The van der Waals surface area contributed by atoms with Crippen molar-refractivity contribution in [1.29, 1.82) is 5.26 Å². The molecule has 0 aliphatic carbocycles. The number of carbonyl (C=O) groups excluding carboxylic acids is 1. The summed E-state index contributed by atoms with van der Waals surface area (Å²) >= 11 is 1.10. The number of allylic oxidation sites excluding steroid dienone is 1. The van der Waals surface area contributed by atoms with Crippen LogP contribution >= 0.6 is 11.3 Å². The highest BCUT2D eigenvalue weighted by Gasteiger charge is 2.15. The minimum atomic E-state index is -0.301. The summed E-state index contributed by atoms with van der Waals surface area (Å²) < 4.78 is 16.0. The number of benzene rings is 2. The van der Waals surface area contributed by atoms with E-state index >= 15 is 0 Å². The summed E-state index contributed by atoms with van der Waals surface area (Å²) in [7, 11) is 4.55. The summed E-state index contributed by atoms with van der Waals surface area (Å²) in [5.74, 6) is 1.09. The largest absolute Gasteiger partial charge is 0.493 e. The van der Waals surface area contributed by atoms with E-state index in [1.165, 1.54) is 21.3 Å². The summed E-state index contributed by atoms with van der Waals surface area (Å²) in [6.45, 7) is 0. The SMILES string of the molecule is COc1cc(C=C(C#N)c2nnc(NC(=O)c3ccccc3)s2)cc(OC)c1OC. The fourth-order valence-electron chi connectivity index (χ4n) is 2.63. The first kappa shape index (κ1) is 20.8. The van der Waals surface area contributed by atoms with Crippen molar-refractivity contribution in [2.24, 2.45) is 0 Å². The van der Waals surface area contributed by atoms with Gasteiger partial charge in [-0.25, -0.2) is 0 Å². The van der Waals surface area contributed by atoms with E-state index in [-0.39, 0.29) is 11.5 Å². The average Bonchev–Trinajstić information content (AvgIpc) is 3.25. The molecule has 8 nitrogen and oxygen atoms in total. The number of methoxy groups -OCH3 is 3. The van der Waals surface area contributed by atoms with Crippen LogP contribution in [-0.4, -0.2) is 37.4 Å². The monoisotopic (exact) mass is 422 g/mol. The summed E-state index contributed by atoms with van der Waals surface area (Å²) in [5.41, 5.74) is 1.44. The fourth-order valence-corrected chi connectivity index (χ4v) is 3.34. The molecule has 1 aromatic heterocycles. The van der Waals surface area contributed by atoms with Crippen LogP contribution in [0.3, 0.4) is 0 Å². The number of nitriles is 1. The topological polar surface area (TPSA) is 106 Å². The Hall–Kier alpha value is -3.90. The van der Waals surface area contributed by atoms with Crippen LogP contribution in [0.15, 0.2) is 42.5 Å². The van der Waals surface area contributed by atoms with Gasteiger partial charge >= 0.3 is 0 Å². The third-order valence-electron chi connectivity index (χ3n) is 4.03. The molecule has 30 heavy (non-hydrogen) atoms. The molecule has 152 valence electrons. The molecule has 2 aromatic carbocycles. The molecule has 0 fully saturated rings. The third-order valence-corrected chi connectivity index (χ3v) is 4.90. The minimum Gasteiger partial charge on any atom is -0.493 e. The zero-order valence-electron chi connectivity index (χ0n) is 16.5. The fraction of sp³-hybridized carbons (Fsp3) is 0.143. The summed E-state index contributed by atoms with van der Waals surface area (Å²) in [5, 5.41) is 20.9. The number of hydrogen-bond acceptors (Lipinski definition) is 8.